The van der Waals surface area contributed by atoms with Crippen molar-refractivity contribution in [3.05, 3.63) is 51.0 Å². The average Bonchev–Trinajstić information content (AvgIpc) is 3.32. The number of aliphatic hydroxyl groups is 1. The summed E-state index contributed by atoms with van der Waals surface area (Å²) < 4.78 is 3.51. The van der Waals surface area contributed by atoms with E-state index in [4.69, 9.17) is 0 Å². The smallest absolute Gasteiger partial charge is 0.229 e. The molecule has 0 spiro atoms. The Morgan fingerprint density at radius 1 is 1.37 bits per heavy atom. The lowest BCUT2D eigenvalue weighted by Crippen LogP contribution is -2.39. The number of carbonyl (C=O) groups is 1. The van der Waals surface area contributed by atoms with E-state index in [0.717, 1.165) is 21.3 Å². The first kappa shape index (κ1) is 17.9. The Hall–Kier alpha value is -2.52. The summed E-state index contributed by atoms with van der Waals surface area (Å²) in [6, 6.07) is 3.65. The van der Waals surface area contributed by atoms with E-state index in [1.165, 1.54) is 0 Å². The van der Waals surface area contributed by atoms with Crippen molar-refractivity contribution in [3.8, 4) is 0 Å². The van der Waals surface area contributed by atoms with E-state index in [2.05, 4.69) is 15.2 Å². The van der Waals surface area contributed by atoms with Gasteiger partial charge < -0.3 is 10.0 Å². The minimum Gasteiger partial charge on any atom is -0.380 e. The van der Waals surface area contributed by atoms with Crippen LogP contribution in [0.3, 0.4) is 0 Å². The highest BCUT2D eigenvalue weighted by molar-refractivity contribution is 7.11. The minimum atomic E-state index is -0.833. The van der Waals surface area contributed by atoms with Crippen molar-refractivity contribution in [2.24, 2.45) is 7.05 Å². The third-order valence-corrected chi connectivity index (χ3v) is 5.84. The maximum Gasteiger partial charge on any atom is 0.229 e. The third-order valence-electron chi connectivity index (χ3n) is 4.91. The van der Waals surface area contributed by atoms with Gasteiger partial charge in [-0.3, -0.25) is 14.2 Å². The number of rotatable bonds is 4. The lowest BCUT2D eigenvalue weighted by molar-refractivity contribution is -0.132. The second-order valence-corrected chi connectivity index (χ2v) is 8.20. The van der Waals surface area contributed by atoms with E-state index in [1.807, 2.05) is 29.5 Å². The van der Waals surface area contributed by atoms with Gasteiger partial charge in [0, 0.05) is 24.7 Å². The number of thiazole rings is 1. The van der Waals surface area contributed by atoms with E-state index in [0.29, 0.717) is 37.4 Å². The molecule has 0 radical (unpaired) electrons. The van der Waals surface area contributed by atoms with Crippen molar-refractivity contribution >= 4 is 17.2 Å². The van der Waals surface area contributed by atoms with Crippen LogP contribution in [0.5, 0.6) is 0 Å². The van der Waals surface area contributed by atoms with Crippen molar-refractivity contribution < 1.29 is 9.90 Å². The maximum absolute atomic E-state index is 12.7. The summed E-state index contributed by atoms with van der Waals surface area (Å²) in [5.74, 6) is 0.0737. The molecule has 3 aromatic heterocycles. The van der Waals surface area contributed by atoms with Gasteiger partial charge in [-0.2, -0.15) is 10.2 Å². The highest BCUT2D eigenvalue weighted by Crippen LogP contribution is 2.24. The zero-order chi connectivity index (χ0) is 19.1. The number of carbonyl (C=O) groups excluding carboxylic acids is 1. The first-order chi connectivity index (χ1) is 12.9. The standard InChI is InChI=1S/C18H22N6O2S/c1-11-14(20-12(2)27-11)9-17(25)23-6-7-24-13(10-23)8-15(21-24)18(26)16-4-5-19-22(16)3/h4-5,8,18,26H,6-7,9-10H2,1-3H3. The first-order valence-corrected chi connectivity index (χ1v) is 9.67. The molecule has 3 aromatic rings. The Kier molecular flexibility index (Phi) is 4.56. The van der Waals surface area contributed by atoms with Crippen LogP contribution in [0.25, 0.3) is 0 Å². The number of fused-ring (bicyclic) bond motifs is 1. The normalized spacial score (nSPS) is 15.0. The summed E-state index contributed by atoms with van der Waals surface area (Å²) in [5.41, 5.74) is 3.06. The van der Waals surface area contributed by atoms with Gasteiger partial charge in [-0.25, -0.2) is 4.98 Å². The Balaban J connectivity index is 1.48. The van der Waals surface area contributed by atoms with Crippen LogP contribution in [-0.2, 0) is 31.4 Å². The zero-order valence-electron chi connectivity index (χ0n) is 15.6. The number of hydrogen-bond donors (Lipinski definition) is 1. The Morgan fingerprint density at radius 2 is 2.19 bits per heavy atom. The molecule has 1 aliphatic rings. The number of amides is 1. The first-order valence-electron chi connectivity index (χ1n) is 8.85. The van der Waals surface area contributed by atoms with Crippen LogP contribution in [0.15, 0.2) is 18.3 Å². The molecule has 142 valence electrons. The zero-order valence-corrected chi connectivity index (χ0v) is 16.4. The summed E-state index contributed by atoms with van der Waals surface area (Å²) >= 11 is 1.62. The lowest BCUT2D eigenvalue weighted by atomic mass is 10.1. The van der Waals surface area contributed by atoms with Crippen LogP contribution in [0, 0.1) is 13.8 Å². The summed E-state index contributed by atoms with van der Waals surface area (Å²) in [7, 11) is 1.79. The van der Waals surface area contributed by atoms with Gasteiger partial charge in [0.15, 0.2) is 0 Å². The van der Waals surface area contributed by atoms with E-state index in [1.54, 1.807) is 35.3 Å². The second kappa shape index (κ2) is 6.90. The third kappa shape index (κ3) is 3.40. The van der Waals surface area contributed by atoms with Crippen LogP contribution >= 0.6 is 11.3 Å². The van der Waals surface area contributed by atoms with Gasteiger partial charge >= 0.3 is 0 Å². The number of aromatic nitrogens is 5. The quantitative estimate of drug-likeness (QED) is 0.731. The molecular weight excluding hydrogens is 364 g/mol. The number of hydrogen-bond acceptors (Lipinski definition) is 6. The molecule has 0 saturated carbocycles. The SMILES string of the molecule is Cc1nc(CC(=O)N2CCn3nc(C(O)c4ccnn4C)cc3C2)c(C)s1. The molecule has 0 saturated heterocycles. The number of aryl methyl sites for hydroxylation is 3. The van der Waals surface area contributed by atoms with E-state index in [-0.39, 0.29) is 5.91 Å². The van der Waals surface area contributed by atoms with Crippen molar-refractivity contribution in [2.45, 2.75) is 39.5 Å². The summed E-state index contributed by atoms with van der Waals surface area (Å²) in [6.45, 7) is 5.68. The molecule has 1 amide bonds. The molecule has 0 fully saturated rings. The molecular formula is C18H22N6O2S. The molecule has 4 heterocycles. The molecule has 4 rings (SSSR count). The molecule has 1 aliphatic heterocycles. The van der Waals surface area contributed by atoms with E-state index < -0.39 is 6.10 Å². The van der Waals surface area contributed by atoms with Gasteiger partial charge in [0.2, 0.25) is 5.91 Å². The topological polar surface area (TPSA) is 89.1 Å². The molecule has 27 heavy (non-hydrogen) atoms. The van der Waals surface area contributed by atoms with Gasteiger partial charge in [0.25, 0.3) is 0 Å². The molecule has 9 heteroatoms. The predicted octanol–water partition coefficient (Wildman–Crippen LogP) is 1.36. The van der Waals surface area contributed by atoms with Gasteiger partial charge in [0.05, 0.1) is 47.3 Å². The Bertz CT molecular complexity index is 988. The van der Waals surface area contributed by atoms with Crippen LogP contribution in [-0.4, -0.2) is 47.0 Å². The monoisotopic (exact) mass is 386 g/mol. The average molecular weight is 386 g/mol. The molecule has 1 unspecified atom stereocenters. The predicted molar refractivity (Wildman–Crippen MR) is 100 cm³/mol. The molecule has 8 nitrogen and oxygen atoms in total. The minimum absolute atomic E-state index is 0.0737. The van der Waals surface area contributed by atoms with E-state index >= 15 is 0 Å². The van der Waals surface area contributed by atoms with Crippen LogP contribution in [0.2, 0.25) is 0 Å². The van der Waals surface area contributed by atoms with Crippen molar-refractivity contribution in [3.63, 3.8) is 0 Å². The Labute approximate surface area is 161 Å². The second-order valence-electron chi connectivity index (χ2n) is 6.79. The number of aliphatic hydroxyl groups excluding tert-OH is 1. The van der Waals surface area contributed by atoms with Crippen molar-refractivity contribution in [1.29, 1.82) is 0 Å². The summed E-state index contributed by atoms with van der Waals surface area (Å²) in [6.07, 6.45) is 1.15. The molecule has 0 aliphatic carbocycles. The van der Waals surface area contributed by atoms with Crippen LogP contribution in [0.1, 0.15) is 38.8 Å². The van der Waals surface area contributed by atoms with Gasteiger partial charge in [-0.05, 0) is 26.0 Å². The van der Waals surface area contributed by atoms with Gasteiger partial charge in [-0.1, -0.05) is 0 Å². The number of nitrogens with zero attached hydrogens (tertiary/aromatic N) is 6. The molecule has 1 N–H and O–H groups in total. The van der Waals surface area contributed by atoms with E-state index in [9.17, 15) is 9.90 Å². The Morgan fingerprint density at radius 3 is 2.85 bits per heavy atom. The summed E-state index contributed by atoms with van der Waals surface area (Å²) in [5, 5.41) is 20.2. The molecule has 1 atom stereocenters. The largest absolute Gasteiger partial charge is 0.380 e. The van der Waals surface area contributed by atoms with Crippen molar-refractivity contribution in [2.75, 3.05) is 6.54 Å². The molecule has 0 aromatic carbocycles. The van der Waals surface area contributed by atoms with Crippen molar-refractivity contribution in [1.82, 2.24) is 29.4 Å². The van der Waals surface area contributed by atoms with Crippen LogP contribution in [0.4, 0.5) is 0 Å². The lowest BCUT2D eigenvalue weighted by Gasteiger charge is -2.27. The van der Waals surface area contributed by atoms with Crippen LogP contribution < -0.4 is 0 Å². The molecule has 0 bridgehead atoms. The fraction of sp³-hybridized carbons (Fsp3) is 0.444. The fourth-order valence-electron chi connectivity index (χ4n) is 3.43. The maximum atomic E-state index is 12.7. The van der Waals surface area contributed by atoms with Gasteiger partial charge in [0.1, 0.15) is 6.10 Å². The fourth-order valence-corrected chi connectivity index (χ4v) is 4.26. The summed E-state index contributed by atoms with van der Waals surface area (Å²) in [4.78, 5) is 20.1. The van der Waals surface area contributed by atoms with Gasteiger partial charge in [-0.15, -0.1) is 11.3 Å². The highest BCUT2D eigenvalue weighted by Gasteiger charge is 2.26. The highest BCUT2D eigenvalue weighted by atomic mass is 32.1.